The van der Waals surface area contributed by atoms with Gasteiger partial charge in [-0.1, -0.05) is 82.4 Å². The van der Waals surface area contributed by atoms with Crippen LogP contribution in [0.15, 0.2) is 24.3 Å². The zero-order valence-corrected chi connectivity index (χ0v) is 22.0. The van der Waals surface area contributed by atoms with Crippen molar-refractivity contribution in [1.29, 1.82) is 0 Å². The minimum Gasteiger partial charge on any atom is -0.352 e. The molecule has 1 aromatic carbocycles. The Labute approximate surface area is 215 Å². The van der Waals surface area contributed by atoms with Crippen LogP contribution in [0.2, 0.25) is 5.02 Å². The number of anilines is 1. The molecule has 0 spiro atoms. The molecule has 4 amide bonds. The van der Waals surface area contributed by atoms with Gasteiger partial charge in [-0.3, -0.25) is 9.59 Å². The Balaban J connectivity index is 1.81. The molecule has 1 atom stereocenters. The van der Waals surface area contributed by atoms with Crippen molar-refractivity contribution in [2.75, 3.05) is 24.5 Å². The van der Waals surface area contributed by atoms with Gasteiger partial charge in [0.05, 0.1) is 5.69 Å². The summed E-state index contributed by atoms with van der Waals surface area (Å²) in [4.78, 5) is 40.9. The van der Waals surface area contributed by atoms with E-state index >= 15 is 0 Å². The number of imide groups is 1. The number of nitrogens with zero attached hydrogens (tertiary/aromatic N) is 2. The summed E-state index contributed by atoms with van der Waals surface area (Å²) in [5.74, 6) is -0.283. The molecule has 1 aliphatic rings. The first-order chi connectivity index (χ1) is 17.0. The molecule has 3 N–H and O–H groups in total. The highest BCUT2D eigenvalue weighted by atomic mass is 35.5. The fraction of sp³-hybridized carbons (Fsp3) is 0.667. The minimum absolute atomic E-state index is 0.00708. The maximum absolute atomic E-state index is 13.0. The molecular weight excluding hydrogens is 464 g/mol. The van der Waals surface area contributed by atoms with E-state index < -0.39 is 0 Å². The molecule has 2 rings (SSSR count). The molecule has 1 unspecified atom stereocenters. The van der Waals surface area contributed by atoms with Gasteiger partial charge in [-0.2, -0.15) is 0 Å². The molecule has 7 nitrogen and oxygen atoms in total. The standard InChI is InChI=1S/C27H43ClN4O3/c1-2-3-4-5-6-7-8-9-10-17-25(33)30-23(15-11-12-18-29)20-31-21-26(34)32(27(31)35)24-16-13-14-22(28)19-24/h13-14,16,19,23H,2-12,15,17-18,20-21,29H2,1H3,(H,30,33). The van der Waals surface area contributed by atoms with Crippen LogP contribution in [0, 0.1) is 0 Å². The number of amides is 4. The highest BCUT2D eigenvalue weighted by Gasteiger charge is 2.38. The zero-order valence-electron chi connectivity index (χ0n) is 21.3. The topological polar surface area (TPSA) is 95.7 Å². The molecule has 0 saturated carbocycles. The van der Waals surface area contributed by atoms with E-state index in [1.54, 1.807) is 24.3 Å². The maximum atomic E-state index is 13.0. The van der Waals surface area contributed by atoms with E-state index in [9.17, 15) is 14.4 Å². The number of carbonyl (C=O) groups is 3. The van der Waals surface area contributed by atoms with Crippen LogP contribution >= 0.6 is 11.6 Å². The number of hydrogen-bond acceptors (Lipinski definition) is 4. The number of nitrogens with one attached hydrogen (secondary N) is 1. The molecule has 1 fully saturated rings. The molecule has 0 radical (unpaired) electrons. The maximum Gasteiger partial charge on any atom is 0.331 e. The van der Waals surface area contributed by atoms with Crippen molar-refractivity contribution in [3.63, 3.8) is 0 Å². The number of nitrogens with two attached hydrogens (primary N) is 1. The summed E-state index contributed by atoms with van der Waals surface area (Å²) in [6, 6.07) is 6.12. The second-order valence-corrected chi connectivity index (χ2v) is 9.94. The van der Waals surface area contributed by atoms with Crippen LogP contribution < -0.4 is 16.0 Å². The molecule has 0 aliphatic carbocycles. The Morgan fingerprint density at radius 3 is 2.37 bits per heavy atom. The van der Waals surface area contributed by atoms with Crippen molar-refractivity contribution >= 4 is 35.1 Å². The van der Waals surface area contributed by atoms with Gasteiger partial charge in [0, 0.05) is 24.0 Å². The molecular formula is C27H43ClN4O3. The Morgan fingerprint density at radius 2 is 1.71 bits per heavy atom. The highest BCUT2D eigenvalue weighted by molar-refractivity contribution is 6.31. The second-order valence-electron chi connectivity index (χ2n) is 9.50. The van der Waals surface area contributed by atoms with E-state index in [4.69, 9.17) is 17.3 Å². The zero-order chi connectivity index (χ0) is 25.5. The van der Waals surface area contributed by atoms with E-state index in [-0.39, 0.29) is 30.4 Å². The smallest absolute Gasteiger partial charge is 0.331 e. The molecule has 1 heterocycles. The number of hydrogen-bond donors (Lipinski definition) is 2. The van der Waals surface area contributed by atoms with Crippen LogP contribution in [-0.2, 0) is 9.59 Å². The van der Waals surface area contributed by atoms with E-state index in [1.165, 1.54) is 49.8 Å². The van der Waals surface area contributed by atoms with Crippen LogP contribution in [0.4, 0.5) is 10.5 Å². The van der Waals surface area contributed by atoms with Crippen molar-refractivity contribution in [1.82, 2.24) is 10.2 Å². The lowest BCUT2D eigenvalue weighted by atomic mass is 10.1. The quantitative estimate of drug-likeness (QED) is 0.199. The monoisotopic (exact) mass is 506 g/mol. The number of unbranched alkanes of at least 4 members (excludes halogenated alkanes) is 9. The van der Waals surface area contributed by atoms with Crippen molar-refractivity contribution < 1.29 is 14.4 Å². The average molecular weight is 507 g/mol. The average Bonchev–Trinajstić information content (AvgIpc) is 3.10. The van der Waals surface area contributed by atoms with Crippen LogP contribution in [0.25, 0.3) is 0 Å². The SMILES string of the molecule is CCCCCCCCCCCC(=O)NC(CCCCN)CN1CC(=O)N(c2cccc(Cl)c2)C1=O. The molecule has 35 heavy (non-hydrogen) atoms. The summed E-state index contributed by atoms with van der Waals surface area (Å²) in [7, 11) is 0. The van der Waals surface area contributed by atoms with Crippen LogP contribution in [0.5, 0.6) is 0 Å². The summed E-state index contributed by atoms with van der Waals surface area (Å²) in [5, 5.41) is 3.57. The number of halogens is 1. The Hall–Kier alpha value is -2.12. The van der Waals surface area contributed by atoms with Gasteiger partial charge in [-0.25, -0.2) is 9.69 Å². The van der Waals surface area contributed by atoms with Crippen molar-refractivity contribution in [3.05, 3.63) is 29.3 Å². The normalized spacial score (nSPS) is 14.6. The van der Waals surface area contributed by atoms with Gasteiger partial charge < -0.3 is 16.0 Å². The minimum atomic E-state index is -0.380. The Kier molecular flexibility index (Phi) is 13.8. The van der Waals surface area contributed by atoms with Crippen molar-refractivity contribution in [3.8, 4) is 0 Å². The fourth-order valence-corrected chi connectivity index (χ4v) is 4.65. The molecule has 1 aromatic rings. The summed E-state index contributed by atoms with van der Waals surface area (Å²) < 4.78 is 0. The van der Waals surface area contributed by atoms with Crippen LogP contribution in [0.1, 0.15) is 90.4 Å². The third-order valence-corrected chi connectivity index (χ3v) is 6.66. The number of carbonyl (C=O) groups excluding carboxylic acids is 3. The lowest BCUT2D eigenvalue weighted by Gasteiger charge is -2.24. The van der Waals surface area contributed by atoms with Gasteiger partial charge in [0.15, 0.2) is 0 Å². The van der Waals surface area contributed by atoms with Crippen molar-refractivity contribution in [2.45, 2.75) is 96.4 Å². The lowest BCUT2D eigenvalue weighted by molar-refractivity contribution is -0.122. The summed E-state index contributed by atoms with van der Waals surface area (Å²) >= 11 is 6.04. The molecule has 8 heteroatoms. The summed E-state index contributed by atoms with van der Waals surface area (Å²) in [6.07, 6.45) is 13.8. The van der Waals surface area contributed by atoms with Gasteiger partial charge in [0.1, 0.15) is 6.54 Å². The van der Waals surface area contributed by atoms with Crippen LogP contribution in [0.3, 0.4) is 0 Å². The molecule has 1 saturated heterocycles. The molecule has 196 valence electrons. The van der Waals surface area contributed by atoms with Gasteiger partial charge in [0.2, 0.25) is 5.91 Å². The van der Waals surface area contributed by atoms with E-state index in [1.807, 2.05) is 0 Å². The molecule has 0 bridgehead atoms. The van der Waals surface area contributed by atoms with Gasteiger partial charge in [-0.15, -0.1) is 0 Å². The van der Waals surface area contributed by atoms with Crippen molar-refractivity contribution in [2.24, 2.45) is 5.73 Å². The first-order valence-electron chi connectivity index (χ1n) is 13.3. The number of urea groups is 1. The van der Waals surface area contributed by atoms with Gasteiger partial charge in [-0.05, 0) is 44.0 Å². The largest absolute Gasteiger partial charge is 0.352 e. The Morgan fingerprint density at radius 1 is 1.03 bits per heavy atom. The summed E-state index contributed by atoms with van der Waals surface area (Å²) in [6.45, 7) is 3.11. The first-order valence-corrected chi connectivity index (χ1v) is 13.7. The predicted molar refractivity (Wildman–Crippen MR) is 143 cm³/mol. The first kappa shape index (κ1) is 29.1. The lowest BCUT2D eigenvalue weighted by Crippen LogP contribution is -2.45. The Bertz CT molecular complexity index is 804. The van der Waals surface area contributed by atoms with Gasteiger partial charge >= 0.3 is 6.03 Å². The van der Waals surface area contributed by atoms with E-state index in [2.05, 4.69) is 12.2 Å². The van der Waals surface area contributed by atoms with E-state index in [0.717, 1.165) is 37.0 Å². The summed E-state index contributed by atoms with van der Waals surface area (Å²) in [5.41, 5.74) is 6.10. The predicted octanol–water partition coefficient (Wildman–Crippen LogP) is 5.64. The highest BCUT2D eigenvalue weighted by Crippen LogP contribution is 2.24. The number of rotatable bonds is 18. The number of benzene rings is 1. The fourth-order valence-electron chi connectivity index (χ4n) is 4.47. The molecule has 1 aliphatic heterocycles. The third-order valence-electron chi connectivity index (χ3n) is 6.42. The van der Waals surface area contributed by atoms with Crippen LogP contribution in [-0.4, -0.2) is 48.4 Å². The molecule has 0 aromatic heterocycles. The van der Waals surface area contributed by atoms with E-state index in [0.29, 0.717) is 30.2 Å². The third kappa shape index (κ3) is 10.6. The second kappa shape index (κ2) is 16.5. The van der Waals surface area contributed by atoms with Gasteiger partial charge in [0.25, 0.3) is 5.91 Å².